The Kier molecular flexibility index (Phi) is 7.29. The van der Waals surface area contributed by atoms with Crippen molar-refractivity contribution in [3.8, 4) is 17.2 Å². The van der Waals surface area contributed by atoms with E-state index in [1.165, 1.54) is 11.8 Å². The van der Waals surface area contributed by atoms with Crippen molar-refractivity contribution in [2.45, 2.75) is 6.54 Å². The van der Waals surface area contributed by atoms with Crippen LogP contribution in [0.3, 0.4) is 0 Å². The Hall–Kier alpha value is -2.34. The number of nitrogens with two attached hydrogens (primary N) is 1. The number of hydrogen-bond acceptors (Lipinski definition) is 5. The lowest BCUT2D eigenvalue weighted by Gasteiger charge is -2.07. The second-order valence-corrected chi connectivity index (χ2v) is 5.95. The van der Waals surface area contributed by atoms with Crippen LogP contribution in [0.25, 0.3) is 0 Å². The van der Waals surface area contributed by atoms with E-state index in [1.54, 1.807) is 14.2 Å². The van der Waals surface area contributed by atoms with Gasteiger partial charge >= 0.3 is 0 Å². The Morgan fingerprint density at radius 3 is 2.42 bits per heavy atom. The molecule has 0 spiro atoms. The summed E-state index contributed by atoms with van der Waals surface area (Å²) in [5.74, 6) is 3.17. The standard InChI is InChI=1S/C18H22N2O3S/c1-21-15-7-9-16(10-8-15)23-11-12-24-18(19)20-13-14-5-3-4-6-17(14)22-2/h3-10H,11-13H2,1-2H3,(H2,19,20). The van der Waals surface area contributed by atoms with Crippen molar-refractivity contribution in [2.75, 3.05) is 26.6 Å². The number of aliphatic imine (C=N–C) groups is 1. The third-order valence-electron chi connectivity index (χ3n) is 3.26. The minimum Gasteiger partial charge on any atom is -0.497 e. The maximum atomic E-state index is 5.93. The van der Waals surface area contributed by atoms with E-state index in [0.717, 1.165) is 28.6 Å². The molecule has 0 saturated heterocycles. The van der Waals surface area contributed by atoms with E-state index >= 15 is 0 Å². The molecule has 5 nitrogen and oxygen atoms in total. The highest BCUT2D eigenvalue weighted by molar-refractivity contribution is 8.13. The third-order valence-corrected chi connectivity index (χ3v) is 4.05. The summed E-state index contributed by atoms with van der Waals surface area (Å²) in [5, 5.41) is 0.541. The van der Waals surface area contributed by atoms with Crippen LogP contribution in [0.5, 0.6) is 17.2 Å². The molecule has 0 fully saturated rings. The van der Waals surface area contributed by atoms with Crippen molar-refractivity contribution in [2.24, 2.45) is 10.7 Å². The number of thioether (sulfide) groups is 1. The van der Waals surface area contributed by atoms with Gasteiger partial charge in [0.05, 0.1) is 27.4 Å². The molecule has 24 heavy (non-hydrogen) atoms. The first-order valence-electron chi connectivity index (χ1n) is 7.54. The summed E-state index contributed by atoms with van der Waals surface area (Å²) >= 11 is 1.47. The van der Waals surface area contributed by atoms with Crippen molar-refractivity contribution in [3.05, 3.63) is 54.1 Å². The summed E-state index contributed by atoms with van der Waals surface area (Å²) in [6.45, 7) is 1.06. The Morgan fingerprint density at radius 1 is 1.00 bits per heavy atom. The van der Waals surface area contributed by atoms with Crippen molar-refractivity contribution in [3.63, 3.8) is 0 Å². The molecule has 0 radical (unpaired) electrons. The zero-order valence-corrected chi connectivity index (χ0v) is 14.7. The van der Waals surface area contributed by atoms with Crippen LogP contribution < -0.4 is 19.9 Å². The summed E-state index contributed by atoms with van der Waals surface area (Å²) in [6, 6.07) is 15.3. The van der Waals surface area contributed by atoms with Crippen LogP contribution in [0.4, 0.5) is 0 Å². The second-order valence-electron chi connectivity index (χ2n) is 4.84. The van der Waals surface area contributed by atoms with Crippen molar-refractivity contribution < 1.29 is 14.2 Å². The summed E-state index contributed by atoms with van der Waals surface area (Å²) in [4.78, 5) is 4.38. The van der Waals surface area contributed by atoms with E-state index < -0.39 is 0 Å². The lowest BCUT2D eigenvalue weighted by Crippen LogP contribution is -2.11. The Balaban J connectivity index is 1.73. The second kappa shape index (κ2) is 9.72. The third kappa shape index (κ3) is 5.70. The maximum Gasteiger partial charge on any atom is 0.154 e. The number of rotatable bonds is 8. The Morgan fingerprint density at radius 2 is 1.71 bits per heavy atom. The zero-order valence-electron chi connectivity index (χ0n) is 13.9. The molecule has 0 aliphatic rings. The molecule has 2 N–H and O–H groups in total. The van der Waals surface area contributed by atoms with E-state index in [9.17, 15) is 0 Å². The normalized spacial score (nSPS) is 11.2. The van der Waals surface area contributed by atoms with E-state index in [0.29, 0.717) is 18.3 Å². The first-order chi connectivity index (χ1) is 11.7. The summed E-state index contributed by atoms with van der Waals surface area (Å²) in [7, 11) is 3.29. The van der Waals surface area contributed by atoms with E-state index in [1.807, 2.05) is 48.5 Å². The van der Waals surface area contributed by atoms with Gasteiger partial charge in [-0.05, 0) is 30.3 Å². The first kappa shape index (κ1) is 18.0. The maximum absolute atomic E-state index is 5.93. The molecular weight excluding hydrogens is 324 g/mol. The topological polar surface area (TPSA) is 66.1 Å². The quantitative estimate of drug-likeness (QED) is 0.451. The monoisotopic (exact) mass is 346 g/mol. The van der Waals surface area contributed by atoms with Crippen molar-refractivity contribution in [1.82, 2.24) is 0 Å². The van der Waals surface area contributed by atoms with Gasteiger partial charge in [0, 0.05) is 11.3 Å². The molecule has 0 aliphatic heterocycles. The number of hydrogen-bond donors (Lipinski definition) is 1. The van der Waals surface area contributed by atoms with Gasteiger partial charge in [0.15, 0.2) is 5.17 Å². The molecule has 0 aromatic heterocycles. The van der Waals surface area contributed by atoms with Gasteiger partial charge in [0.25, 0.3) is 0 Å². The lowest BCUT2D eigenvalue weighted by molar-refractivity contribution is 0.343. The van der Waals surface area contributed by atoms with Gasteiger partial charge in [0.2, 0.25) is 0 Å². The molecule has 0 atom stereocenters. The smallest absolute Gasteiger partial charge is 0.154 e. The Bertz CT molecular complexity index is 660. The fourth-order valence-electron chi connectivity index (χ4n) is 2.02. The van der Waals surface area contributed by atoms with Crippen LogP contribution in [-0.4, -0.2) is 31.7 Å². The fraction of sp³-hybridized carbons (Fsp3) is 0.278. The minimum absolute atomic E-state index is 0.502. The molecule has 6 heteroatoms. The van der Waals surface area contributed by atoms with Crippen LogP contribution in [-0.2, 0) is 6.54 Å². The molecule has 2 aromatic rings. The molecule has 2 rings (SSSR count). The number of benzene rings is 2. The average Bonchev–Trinajstić information content (AvgIpc) is 2.64. The summed E-state index contributed by atoms with van der Waals surface area (Å²) < 4.78 is 16.0. The molecule has 0 heterocycles. The highest BCUT2D eigenvalue weighted by atomic mass is 32.2. The van der Waals surface area contributed by atoms with E-state index in [2.05, 4.69) is 4.99 Å². The fourth-order valence-corrected chi connectivity index (χ4v) is 2.55. The largest absolute Gasteiger partial charge is 0.497 e. The number of para-hydroxylation sites is 1. The lowest BCUT2D eigenvalue weighted by atomic mass is 10.2. The van der Waals surface area contributed by atoms with Crippen LogP contribution in [0, 0.1) is 0 Å². The van der Waals surface area contributed by atoms with Crippen LogP contribution in [0.1, 0.15) is 5.56 Å². The molecule has 0 bridgehead atoms. The minimum atomic E-state index is 0.502. The van der Waals surface area contributed by atoms with Crippen LogP contribution in [0.15, 0.2) is 53.5 Å². The number of amidine groups is 1. The molecular formula is C18H22N2O3S. The Labute approximate surface area is 146 Å². The highest BCUT2D eigenvalue weighted by Crippen LogP contribution is 2.19. The highest BCUT2D eigenvalue weighted by Gasteiger charge is 2.01. The van der Waals surface area contributed by atoms with Crippen molar-refractivity contribution >= 4 is 16.9 Å². The molecule has 2 aromatic carbocycles. The summed E-state index contributed by atoms with van der Waals surface area (Å²) in [5.41, 5.74) is 6.94. The van der Waals surface area contributed by atoms with Gasteiger partial charge in [-0.2, -0.15) is 0 Å². The van der Waals surface area contributed by atoms with E-state index in [4.69, 9.17) is 19.9 Å². The van der Waals surface area contributed by atoms with Gasteiger partial charge in [-0.3, -0.25) is 4.99 Å². The van der Waals surface area contributed by atoms with Gasteiger partial charge in [-0.15, -0.1) is 0 Å². The number of ether oxygens (including phenoxy) is 3. The molecule has 0 amide bonds. The average molecular weight is 346 g/mol. The van der Waals surface area contributed by atoms with Gasteiger partial charge in [-0.25, -0.2) is 0 Å². The molecule has 0 unspecified atom stereocenters. The van der Waals surface area contributed by atoms with Gasteiger partial charge in [0.1, 0.15) is 17.2 Å². The van der Waals surface area contributed by atoms with E-state index in [-0.39, 0.29) is 0 Å². The van der Waals surface area contributed by atoms with Gasteiger partial charge in [-0.1, -0.05) is 30.0 Å². The molecule has 0 saturated carbocycles. The van der Waals surface area contributed by atoms with Gasteiger partial charge < -0.3 is 19.9 Å². The van der Waals surface area contributed by atoms with Crippen LogP contribution in [0.2, 0.25) is 0 Å². The molecule has 128 valence electrons. The molecule has 0 aliphatic carbocycles. The predicted molar refractivity (Wildman–Crippen MR) is 99.3 cm³/mol. The first-order valence-corrected chi connectivity index (χ1v) is 8.53. The number of methoxy groups -OCH3 is 2. The SMILES string of the molecule is COc1ccc(OCCSC(N)=NCc2ccccc2OC)cc1. The zero-order chi connectivity index (χ0) is 17.2. The van der Waals surface area contributed by atoms with Crippen molar-refractivity contribution in [1.29, 1.82) is 0 Å². The number of nitrogens with zero attached hydrogens (tertiary/aromatic N) is 1. The summed E-state index contributed by atoms with van der Waals surface area (Å²) in [6.07, 6.45) is 0. The van der Waals surface area contributed by atoms with Crippen LogP contribution >= 0.6 is 11.8 Å². The predicted octanol–water partition coefficient (Wildman–Crippen LogP) is 3.33.